The highest BCUT2D eigenvalue weighted by Crippen LogP contribution is 2.24. The van der Waals surface area contributed by atoms with E-state index in [1.54, 1.807) is 11.3 Å². The molecule has 0 aliphatic carbocycles. The maximum Gasteiger partial charge on any atom is 0.0794 e. The molecule has 0 spiro atoms. The molecule has 0 fully saturated rings. The van der Waals surface area contributed by atoms with E-state index in [9.17, 15) is 0 Å². The van der Waals surface area contributed by atoms with Crippen LogP contribution in [0.2, 0.25) is 0 Å². The van der Waals surface area contributed by atoms with Crippen molar-refractivity contribution < 1.29 is 0 Å². The molecule has 3 rings (SSSR count). The summed E-state index contributed by atoms with van der Waals surface area (Å²) >= 11 is 1.70. The summed E-state index contributed by atoms with van der Waals surface area (Å²) in [4.78, 5) is 5.36. The van der Waals surface area contributed by atoms with Gasteiger partial charge >= 0.3 is 0 Å². The largest absolute Gasteiger partial charge is 0.380 e. The first-order chi connectivity index (χ1) is 8.42. The van der Waals surface area contributed by atoms with Crippen molar-refractivity contribution in [3.05, 3.63) is 46.4 Å². The van der Waals surface area contributed by atoms with Crippen LogP contribution in [0.3, 0.4) is 0 Å². The van der Waals surface area contributed by atoms with Gasteiger partial charge in [0, 0.05) is 35.9 Å². The number of nitrogens with one attached hydrogen (secondary N) is 2. The van der Waals surface area contributed by atoms with Crippen LogP contribution in [0.25, 0.3) is 0 Å². The third-order valence-corrected chi connectivity index (χ3v) is 3.80. The maximum atomic E-state index is 4.07. The number of aromatic nitrogens is 1. The number of hydrogen-bond acceptors (Lipinski definition) is 4. The molecule has 0 radical (unpaired) electrons. The normalized spacial score (nSPS) is 17.8. The highest BCUT2D eigenvalue weighted by molar-refractivity contribution is 7.09. The molecule has 1 atom stereocenters. The van der Waals surface area contributed by atoms with Gasteiger partial charge in [-0.3, -0.25) is 4.98 Å². The van der Waals surface area contributed by atoms with Gasteiger partial charge in [-0.2, -0.15) is 0 Å². The molecule has 1 aromatic heterocycles. The number of fused-ring (bicyclic) bond motifs is 1. The number of hydrogen-bond donors (Lipinski definition) is 2. The zero-order valence-electron chi connectivity index (χ0n) is 9.52. The summed E-state index contributed by atoms with van der Waals surface area (Å²) in [5.74, 6) is 0. The Hall–Kier alpha value is -1.39. The molecule has 1 aliphatic rings. The van der Waals surface area contributed by atoms with E-state index in [0.717, 1.165) is 19.5 Å². The quantitative estimate of drug-likeness (QED) is 0.867. The predicted octanol–water partition coefficient (Wildman–Crippen LogP) is 2.27. The number of rotatable bonds is 4. The predicted molar refractivity (Wildman–Crippen MR) is 71.4 cm³/mol. The first kappa shape index (κ1) is 10.7. The van der Waals surface area contributed by atoms with E-state index >= 15 is 0 Å². The molecule has 1 aliphatic heterocycles. The van der Waals surface area contributed by atoms with Gasteiger partial charge in [0.15, 0.2) is 0 Å². The van der Waals surface area contributed by atoms with Crippen LogP contribution >= 0.6 is 11.3 Å². The Kier molecular flexibility index (Phi) is 3.07. The minimum Gasteiger partial charge on any atom is -0.380 e. The molecule has 17 heavy (non-hydrogen) atoms. The van der Waals surface area contributed by atoms with Gasteiger partial charge in [0.2, 0.25) is 0 Å². The molecule has 2 aromatic rings. The van der Waals surface area contributed by atoms with Crippen LogP contribution in [0.4, 0.5) is 5.69 Å². The van der Waals surface area contributed by atoms with Gasteiger partial charge < -0.3 is 10.6 Å². The lowest BCUT2D eigenvalue weighted by Gasteiger charge is -2.11. The summed E-state index contributed by atoms with van der Waals surface area (Å²) < 4.78 is 0. The van der Waals surface area contributed by atoms with Crippen molar-refractivity contribution in [2.45, 2.75) is 19.0 Å². The molecule has 0 saturated heterocycles. The molecular formula is C13H15N3S. The van der Waals surface area contributed by atoms with Crippen molar-refractivity contribution in [3.8, 4) is 0 Å². The SMILES string of the molecule is c1ccc2c(c1)CC(CNCc1cncs1)N2. The highest BCUT2D eigenvalue weighted by atomic mass is 32.1. The summed E-state index contributed by atoms with van der Waals surface area (Å²) in [5.41, 5.74) is 4.59. The lowest BCUT2D eigenvalue weighted by Crippen LogP contribution is -2.30. The molecular weight excluding hydrogens is 230 g/mol. The van der Waals surface area contributed by atoms with Crippen LogP contribution in [0.1, 0.15) is 10.4 Å². The average Bonchev–Trinajstić information content (AvgIpc) is 2.96. The molecule has 0 saturated carbocycles. The fourth-order valence-corrected chi connectivity index (χ4v) is 2.76. The van der Waals surface area contributed by atoms with Gasteiger partial charge in [0.1, 0.15) is 0 Å². The van der Waals surface area contributed by atoms with E-state index in [4.69, 9.17) is 0 Å². The van der Waals surface area contributed by atoms with Gasteiger partial charge in [-0.25, -0.2) is 0 Å². The summed E-state index contributed by atoms with van der Waals surface area (Å²) in [6.45, 7) is 1.91. The molecule has 88 valence electrons. The van der Waals surface area contributed by atoms with Crippen molar-refractivity contribution >= 4 is 17.0 Å². The maximum absolute atomic E-state index is 4.07. The van der Waals surface area contributed by atoms with Crippen LogP contribution in [0.15, 0.2) is 36.0 Å². The van der Waals surface area contributed by atoms with Crippen molar-refractivity contribution in [2.75, 3.05) is 11.9 Å². The van der Waals surface area contributed by atoms with E-state index in [1.807, 2.05) is 11.7 Å². The molecule has 0 bridgehead atoms. The first-order valence-corrected chi connectivity index (χ1v) is 6.72. The molecule has 0 amide bonds. The molecule has 2 heterocycles. The lowest BCUT2D eigenvalue weighted by atomic mass is 10.1. The minimum absolute atomic E-state index is 0.514. The number of anilines is 1. The highest BCUT2D eigenvalue weighted by Gasteiger charge is 2.18. The van der Waals surface area contributed by atoms with E-state index in [2.05, 4.69) is 39.9 Å². The van der Waals surface area contributed by atoms with Crippen LogP contribution in [0.5, 0.6) is 0 Å². The Balaban J connectivity index is 1.49. The van der Waals surface area contributed by atoms with Gasteiger partial charge in [0.25, 0.3) is 0 Å². The summed E-state index contributed by atoms with van der Waals surface area (Å²) in [6, 6.07) is 9.05. The summed E-state index contributed by atoms with van der Waals surface area (Å²) in [7, 11) is 0. The van der Waals surface area contributed by atoms with Crippen molar-refractivity contribution in [3.63, 3.8) is 0 Å². The van der Waals surface area contributed by atoms with Crippen molar-refractivity contribution in [1.82, 2.24) is 10.3 Å². The van der Waals surface area contributed by atoms with E-state index in [1.165, 1.54) is 16.1 Å². The van der Waals surface area contributed by atoms with Crippen LogP contribution in [-0.4, -0.2) is 17.6 Å². The number of benzene rings is 1. The Morgan fingerprint density at radius 2 is 2.35 bits per heavy atom. The third kappa shape index (κ3) is 2.48. The molecule has 3 nitrogen and oxygen atoms in total. The zero-order chi connectivity index (χ0) is 11.5. The number of thiazole rings is 1. The second-order valence-corrected chi connectivity index (χ2v) is 5.27. The van der Waals surface area contributed by atoms with Crippen LogP contribution < -0.4 is 10.6 Å². The van der Waals surface area contributed by atoms with Gasteiger partial charge in [-0.15, -0.1) is 11.3 Å². The monoisotopic (exact) mass is 245 g/mol. The summed E-state index contributed by atoms with van der Waals surface area (Å²) in [5, 5.41) is 7.01. The Labute approximate surface area is 105 Å². The minimum atomic E-state index is 0.514. The molecule has 1 unspecified atom stereocenters. The Bertz CT molecular complexity index is 456. The van der Waals surface area contributed by atoms with Crippen molar-refractivity contribution in [1.29, 1.82) is 0 Å². The zero-order valence-corrected chi connectivity index (χ0v) is 10.3. The lowest BCUT2D eigenvalue weighted by molar-refractivity contribution is 0.618. The average molecular weight is 245 g/mol. The number of nitrogens with zero attached hydrogens (tertiary/aromatic N) is 1. The number of para-hydroxylation sites is 1. The van der Waals surface area contributed by atoms with E-state index in [0.29, 0.717) is 6.04 Å². The van der Waals surface area contributed by atoms with Crippen LogP contribution in [0, 0.1) is 0 Å². The molecule has 4 heteroatoms. The van der Waals surface area contributed by atoms with E-state index in [-0.39, 0.29) is 0 Å². The van der Waals surface area contributed by atoms with E-state index < -0.39 is 0 Å². The second kappa shape index (κ2) is 4.85. The standard InChI is InChI=1S/C13H15N3S/c1-2-4-13-10(3-1)5-11(16-13)6-14-7-12-8-15-9-17-12/h1-4,8-9,11,14,16H,5-7H2. The first-order valence-electron chi connectivity index (χ1n) is 5.84. The molecule has 2 N–H and O–H groups in total. The third-order valence-electron chi connectivity index (χ3n) is 3.02. The Morgan fingerprint density at radius 3 is 3.18 bits per heavy atom. The molecule has 1 aromatic carbocycles. The Morgan fingerprint density at radius 1 is 1.41 bits per heavy atom. The summed E-state index contributed by atoms with van der Waals surface area (Å²) in [6.07, 6.45) is 3.04. The van der Waals surface area contributed by atoms with Crippen LogP contribution in [-0.2, 0) is 13.0 Å². The fraction of sp³-hybridized carbons (Fsp3) is 0.308. The second-order valence-electron chi connectivity index (χ2n) is 4.30. The topological polar surface area (TPSA) is 37.0 Å². The van der Waals surface area contributed by atoms with Gasteiger partial charge in [0.05, 0.1) is 5.51 Å². The smallest absolute Gasteiger partial charge is 0.0794 e. The van der Waals surface area contributed by atoms with Gasteiger partial charge in [-0.1, -0.05) is 18.2 Å². The fourth-order valence-electron chi connectivity index (χ4n) is 2.20. The van der Waals surface area contributed by atoms with Gasteiger partial charge in [-0.05, 0) is 18.1 Å². The van der Waals surface area contributed by atoms with Crippen molar-refractivity contribution in [2.24, 2.45) is 0 Å².